The quantitative estimate of drug-likeness (QED) is 0.697. The molecule has 0 aliphatic carbocycles. The first-order valence-corrected chi connectivity index (χ1v) is 7.27. The maximum atomic E-state index is 14.0. The van der Waals surface area contributed by atoms with Gasteiger partial charge in [0, 0.05) is 16.1 Å². The van der Waals surface area contributed by atoms with E-state index in [-0.39, 0.29) is 5.56 Å². The van der Waals surface area contributed by atoms with Crippen LogP contribution < -0.4 is 11.1 Å². The number of hydrogen-bond acceptors (Lipinski definition) is 3. The van der Waals surface area contributed by atoms with Gasteiger partial charge < -0.3 is 11.1 Å². The first-order valence-electron chi connectivity index (χ1n) is 6.39. The Kier molecular flexibility index (Phi) is 3.35. The number of carbonyl (C=O) groups excluding carboxylic acids is 1. The second-order valence-corrected chi connectivity index (χ2v) is 5.77. The third kappa shape index (κ3) is 2.60. The second-order valence-electron chi connectivity index (χ2n) is 4.83. The highest BCUT2D eigenvalue weighted by molar-refractivity contribution is 7.17. The van der Waals surface area contributed by atoms with Crippen LogP contribution in [0.4, 0.5) is 15.8 Å². The molecule has 3 rings (SSSR count). The number of aryl methyl sites for hydroxylation is 1. The molecule has 3 aromatic rings. The number of halogens is 1. The molecule has 1 heterocycles. The zero-order valence-corrected chi connectivity index (χ0v) is 12.1. The summed E-state index contributed by atoms with van der Waals surface area (Å²) < 4.78 is 15.2. The van der Waals surface area contributed by atoms with Gasteiger partial charge in [-0.15, -0.1) is 11.3 Å². The number of nitrogens with one attached hydrogen (secondary N) is 1. The van der Waals surface area contributed by atoms with Crippen LogP contribution in [-0.2, 0) is 0 Å². The van der Waals surface area contributed by atoms with Crippen molar-refractivity contribution in [1.82, 2.24) is 0 Å². The van der Waals surface area contributed by atoms with Crippen molar-refractivity contribution in [1.29, 1.82) is 0 Å². The van der Waals surface area contributed by atoms with Crippen LogP contribution in [0.25, 0.3) is 10.1 Å². The molecule has 0 aliphatic rings. The van der Waals surface area contributed by atoms with E-state index < -0.39 is 11.7 Å². The van der Waals surface area contributed by atoms with Gasteiger partial charge >= 0.3 is 0 Å². The van der Waals surface area contributed by atoms with Crippen molar-refractivity contribution >= 4 is 38.7 Å². The summed E-state index contributed by atoms with van der Waals surface area (Å²) in [5.41, 5.74) is 6.98. The average Bonchev–Trinajstić information content (AvgIpc) is 2.90. The largest absolute Gasteiger partial charge is 0.399 e. The molecule has 0 saturated carbocycles. The molecule has 3 N–H and O–H groups in total. The van der Waals surface area contributed by atoms with Gasteiger partial charge in [-0.05, 0) is 59.7 Å². The molecule has 1 aromatic heterocycles. The minimum absolute atomic E-state index is 0.0436. The van der Waals surface area contributed by atoms with Crippen molar-refractivity contribution in [2.24, 2.45) is 0 Å². The Morgan fingerprint density at radius 1 is 1.24 bits per heavy atom. The number of thiophene rings is 1. The Bertz CT molecular complexity index is 841. The molecule has 0 bridgehead atoms. The molecule has 0 spiro atoms. The van der Waals surface area contributed by atoms with Gasteiger partial charge in [-0.2, -0.15) is 0 Å². The Hall–Kier alpha value is -2.40. The number of fused-ring (bicyclic) bond motifs is 1. The van der Waals surface area contributed by atoms with E-state index in [1.807, 2.05) is 23.6 Å². The van der Waals surface area contributed by atoms with E-state index in [4.69, 9.17) is 5.73 Å². The lowest BCUT2D eigenvalue weighted by Crippen LogP contribution is -2.15. The number of rotatable bonds is 2. The van der Waals surface area contributed by atoms with Gasteiger partial charge in [-0.3, -0.25) is 4.79 Å². The first kappa shape index (κ1) is 13.6. The van der Waals surface area contributed by atoms with Gasteiger partial charge in [0.1, 0.15) is 5.82 Å². The Morgan fingerprint density at radius 2 is 2.05 bits per heavy atom. The minimum Gasteiger partial charge on any atom is -0.399 e. The summed E-state index contributed by atoms with van der Waals surface area (Å²) in [6.07, 6.45) is 0. The van der Waals surface area contributed by atoms with Crippen molar-refractivity contribution in [3.63, 3.8) is 0 Å². The molecule has 1 amide bonds. The lowest BCUT2D eigenvalue weighted by molar-refractivity contribution is 0.102. The summed E-state index contributed by atoms with van der Waals surface area (Å²) in [7, 11) is 0. The maximum absolute atomic E-state index is 14.0. The summed E-state index contributed by atoms with van der Waals surface area (Å²) in [5, 5.41) is 5.73. The van der Waals surface area contributed by atoms with Gasteiger partial charge in [-0.25, -0.2) is 4.39 Å². The highest BCUT2D eigenvalue weighted by Crippen LogP contribution is 2.25. The summed E-state index contributed by atoms with van der Waals surface area (Å²) in [6.45, 7) is 1.58. The van der Waals surface area contributed by atoms with E-state index in [9.17, 15) is 9.18 Å². The number of carbonyl (C=O) groups is 1. The molecule has 0 aliphatic heterocycles. The minimum atomic E-state index is -0.543. The molecule has 0 fully saturated rings. The summed E-state index contributed by atoms with van der Waals surface area (Å²) >= 11 is 1.63. The van der Waals surface area contributed by atoms with Crippen LogP contribution in [0.2, 0.25) is 0 Å². The van der Waals surface area contributed by atoms with Crippen LogP contribution in [-0.4, -0.2) is 5.91 Å². The van der Waals surface area contributed by atoms with Crippen LogP contribution in [0.5, 0.6) is 0 Å². The van der Waals surface area contributed by atoms with Gasteiger partial charge in [0.2, 0.25) is 0 Å². The average molecular weight is 300 g/mol. The molecule has 0 unspecified atom stereocenters. The Balaban J connectivity index is 1.92. The number of nitrogens with two attached hydrogens (primary N) is 1. The molecule has 0 radical (unpaired) electrons. The lowest BCUT2D eigenvalue weighted by atomic mass is 10.1. The van der Waals surface area contributed by atoms with E-state index >= 15 is 0 Å². The number of hydrogen-bond donors (Lipinski definition) is 2. The van der Waals surface area contributed by atoms with Gasteiger partial charge in [-0.1, -0.05) is 0 Å². The summed E-state index contributed by atoms with van der Waals surface area (Å²) in [4.78, 5) is 12.2. The van der Waals surface area contributed by atoms with Crippen molar-refractivity contribution in [3.8, 4) is 0 Å². The van der Waals surface area contributed by atoms with Crippen LogP contribution in [0, 0.1) is 12.7 Å². The SMILES string of the molecule is Cc1cc(N)cc(C(=O)Nc2ccc3sccc3c2)c1F. The molecular weight excluding hydrogens is 287 g/mol. The number of anilines is 2. The van der Waals surface area contributed by atoms with Crippen LogP contribution in [0.15, 0.2) is 41.8 Å². The van der Waals surface area contributed by atoms with Crippen LogP contribution in [0.1, 0.15) is 15.9 Å². The van der Waals surface area contributed by atoms with E-state index in [2.05, 4.69) is 5.32 Å². The Morgan fingerprint density at radius 3 is 2.86 bits per heavy atom. The van der Waals surface area contributed by atoms with Crippen LogP contribution >= 0.6 is 11.3 Å². The van der Waals surface area contributed by atoms with Crippen molar-refractivity contribution in [2.75, 3.05) is 11.1 Å². The molecule has 3 nitrogen and oxygen atoms in total. The number of amides is 1. The standard InChI is InChI=1S/C16H13FN2OS/c1-9-6-11(18)8-13(15(9)17)16(20)19-12-2-3-14-10(7-12)4-5-21-14/h2-8H,18H2,1H3,(H,19,20). The fourth-order valence-corrected chi connectivity index (χ4v) is 2.98. The van der Waals surface area contributed by atoms with E-state index in [0.717, 1.165) is 10.1 Å². The zero-order valence-electron chi connectivity index (χ0n) is 11.3. The molecule has 0 atom stereocenters. The van der Waals surface area contributed by atoms with Gasteiger partial charge in [0.05, 0.1) is 5.56 Å². The topological polar surface area (TPSA) is 55.1 Å². The first-order chi connectivity index (χ1) is 10.0. The van der Waals surface area contributed by atoms with Gasteiger partial charge in [0.25, 0.3) is 5.91 Å². The smallest absolute Gasteiger partial charge is 0.258 e. The molecular formula is C16H13FN2OS. The van der Waals surface area contributed by atoms with Crippen LogP contribution in [0.3, 0.4) is 0 Å². The normalized spacial score (nSPS) is 10.8. The third-order valence-electron chi connectivity index (χ3n) is 3.23. The van der Waals surface area contributed by atoms with Crippen molar-refractivity contribution < 1.29 is 9.18 Å². The summed E-state index contributed by atoms with van der Waals surface area (Å²) in [5.74, 6) is -1.05. The number of benzene rings is 2. The molecule has 21 heavy (non-hydrogen) atoms. The van der Waals surface area contributed by atoms with E-state index in [0.29, 0.717) is 16.9 Å². The van der Waals surface area contributed by atoms with Crippen molar-refractivity contribution in [2.45, 2.75) is 6.92 Å². The van der Waals surface area contributed by atoms with E-state index in [1.54, 1.807) is 24.3 Å². The molecule has 0 saturated heterocycles. The predicted molar refractivity (Wildman–Crippen MR) is 85.3 cm³/mol. The molecule has 2 aromatic carbocycles. The molecule has 106 valence electrons. The number of nitrogen functional groups attached to an aromatic ring is 1. The van der Waals surface area contributed by atoms with Crippen molar-refractivity contribution in [3.05, 3.63) is 58.7 Å². The second kappa shape index (κ2) is 5.18. The maximum Gasteiger partial charge on any atom is 0.258 e. The fourth-order valence-electron chi connectivity index (χ4n) is 2.21. The highest BCUT2D eigenvalue weighted by Gasteiger charge is 2.15. The summed E-state index contributed by atoms with van der Waals surface area (Å²) in [6, 6.07) is 10.4. The predicted octanol–water partition coefficient (Wildman–Crippen LogP) is 4.18. The van der Waals surface area contributed by atoms with Gasteiger partial charge in [0.15, 0.2) is 0 Å². The zero-order chi connectivity index (χ0) is 15.0. The molecule has 5 heteroatoms. The lowest BCUT2D eigenvalue weighted by Gasteiger charge is -2.09. The third-order valence-corrected chi connectivity index (χ3v) is 4.13. The monoisotopic (exact) mass is 300 g/mol. The van der Waals surface area contributed by atoms with E-state index in [1.165, 1.54) is 12.1 Å². The Labute approximate surface area is 125 Å². The highest BCUT2D eigenvalue weighted by atomic mass is 32.1. The fraction of sp³-hybridized carbons (Fsp3) is 0.0625.